The molecular weight excluding hydrogens is 338 g/mol. The Morgan fingerprint density at radius 1 is 1.15 bits per heavy atom. The van der Waals surface area contributed by atoms with Gasteiger partial charge in [-0.2, -0.15) is 0 Å². The average Bonchev–Trinajstić information content (AvgIpc) is 2.47. The van der Waals surface area contributed by atoms with Gasteiger partial charge >= 0.3 is 0 Å². The molecule has 0 fully saturated rings. The van der Waals surface area contributed by atoms with E-state index in [-0.39, 0.29) is 0 Å². The van der Waals surface area contributed by atoms with Crippen molar-refractivity contribution in [3.05, 3.63) is 63.1 Å². The number of hydrogen-bond acceptors (Lipinski definition) is 2. The summed E-state index contributed by atoms with van der Waals surface area (Å²) in [5, 5.41) is 4.22. The number of halogens is 2. The van der Waals surface area contributed by atoms with Crippen LogP contribution in [-0.4, -0.2) is 13.7 Å². The Morgan fingerprint density at radius 2 is 1.90 bits per heavy atom. The van der Waals surface area contributed by atoms with Crippen LogP contribution in [0.1, 0.15) is 11.1 Å². The van der Waals surface area contributed by atoms with Crippen molar-refractivity contribution < 1.29 is 4.74 Å². The van der Waals surface area contributed by atoms with Gasteiger partial charge in [0.05, 0.1) is 7.11 Å². The van der Waals surface area contributed by atoms with Crippen LogP contribution in [0.15, 0.2) is 46.9 Å². The fourth-order valence-corrected chi connectivity index (χ4v) is 2.43. The van der Waals surface area contributed by atoms with E-state index in [9.17, 15) is 0 Å². The molecule has 0 aliphatic carbocycles. The minimum atomic E-state index is 0.780. The van der Waals surface area contributed by atoms with Crippen LogP contribution in [0, 0.1) is 0 Å². The SMILES string of the molecule is COc1ccc(Br)c(CNCCc2ccc(Cl)cc2)c1. The zero-order valence-corrected chi connectivity index (χ0v) is 13.7. The van der Waals surface area contributed by atoms with Crippen LogP contribution >= 0.6 is 27.5 Å². The Bertz CT molecular complexity index is 557. The van der Waals surface area contributed by atoms with E-state index in [1.807, 2.05) is 30.3 Å². The minimum absolute atomic E-state index is 0.780. The Morgan fingerprint density at radius 3 is 2.60 bits per heavy atom. The maximum atomic E-state index is 5.87. The molecule has 0 saturated heterocycles. The summed E-state index contributed by atoms with van der Waals surface area (Å²) in [6.45, 7) is 1.73. The summed E-state index contributed by atoms with van der Waals surface area (Å²) in [5.74, 6) is 0.878. The zero-order valence-electron chi connectivity index (χ0n) is 11.3. The normalized spacial score (nSPS) is 10.6. The summed E-state index contributed by atoms with van der Waals surface area (Å²) in [5.41, 5.74) is 2.48. The first-order valence-electron chi connectivity index (χ1n) is 6.46. The highest BCUT2D eigenvalue weighted by molar-refractivity contribution is 9.10. The van der Waals surface area contributed by atoms with E-state index in [4.69, 9.17) is 16.3 Å². The molecule has 2 nitrogen and oxygen atoms in total. The Balaban J connectivity index is 1.82. The van der Waals surface area contributed by atoms with E-state index in [1.54, 1.807) is 7.11 Å². The Hall–Kier alpha value is -1.03. The molecule has 0 heterocycles. The van der Waals surface area contributed by atoms with Crippen molar-refractivity contribution in [1.82, 2.24) is 5.32 Å². The number of methoxy groups -OCH3 is 1. The molecule has 0 aliphatic rings. The van der Waals surface area contributed by atoms with Gasteiger partial charge < -0.3 is 10.1 Å². The second kappa shape index (κ2) is 7.67. The number of hydrogen-bond donors (Lipinski definition) is 1. The molecule has 0 unspecified atom stereocenters. The predicted octanol–water partition coefficient (Wildman–Crippen LogP) is 4.44. The molecule has 2 aromatic carbocycles. The lowest BCUT2D eigenvalue weighted by molar-refractivity contribution is 0.414. The maximum absolute atomic E-state index is 5.87. The fraction of sp³-hybridized carbons (Fsp3) is 0.250. The third kappa shape index (κ3) is 4.51. The van der Waals surface area contributed by atoms with Crippen molar-refractivity contribution in [2.45, 2.75) is 13.0 Å². The smallest absolute Gasteiger partial charge is 0.119 e. The summed E-state index contributed by atoms with van der Waals surface area (Å²) < 4.78 is 6.33. The average molecular weight is 355 g/mol. The molecule has 2 rings (SSSR count). The molecule has 0 radical (unpaired) electrons. The van der Waals surface area contributed by atoms with Crippen molar-refractivity contribution in [3.8, 4) is 5.75 Å². The molecule has 106 valence electrons. The first-order chi connectivity index (χ1) is 9.69. The van der Waals surface area contributed by atoms with E-state index in [0.29, 0.717) is 0 Å². The molecule has 20 heavy (non-hydrogen) atoms. The quantitative estimate of drug-likeness (QED) is 0.774. The number of rotatable bonds is 6. The van der Waals surface area contributed by atoms with Crippen LogP contribution in [0.4, 0.5) is 0 Å². The molecule has 0 amide bonds. The minimum Gasteiger partial charge on any atom is -0.497 e. The largest absolute Gasteiger partial charge is 0.497 e. The summed E-state index contributed by atoms with van der Waals surface area (Å²) in [6, 6.07) is 14.0. The predicted molar refractivity (Wildman–Crippen MR) is 87.6 cm³/mol. The summed E-state index contributed by atoms with van der Waals surface area (Å²) in [7, 11) is 1.68. The topological polar surface area (TPSA) is 21.3 Å². The molecular formula is C16H17BrClNO. The molecule has 0 aliphatic heterocycles. The summed E-state index contributed by atoms with van der Waals surface area (Å²) in [4.78, 5) is 0. The van der Waals surface area contributed by atoms with Crippen molar-refractivity contribution in [1.29, 1.82) is 0 Å². The van der Waals surface area contributed by atoms with Gasteiger partial charge in [0, 0.05) is 16.0 Å². The van der Waals surface area contributed by atoms with Gasteiger partial charge in [-0.05, 0) is 54.4 Å². The fourth-order valence-electron chi connectivity index (χ4n) is 1.92. The van der Waals surface area contributed by atoms with E-state index < -0.39 is 0 Å². The van der Waals surface area contributed by atoms with Crippen LogP contribution in [0.3, 0.4) is 0 Å². The van der Waals surface area contributed by atoms with Crippen LogP contribution in [-0.2, 0) is 13.0 Å². The highest BCUT2D eigenvalue weighted by Crippen LogP contribution is 2.22. The van der Waals surface area contributed by atoms with Crippen LogP contribution in [0.2, 0.25) is 5.02 Å². The molecule has 0 saturated carbocycles. The highest BCUT2D eigenvalue weighted by atomic mass is 79.9. The summed E-state index contributed by atoms with van der Waals surface area (Å²) >= 11 is 9.42. The van der Waals surface area contributed by atoms with Gasteiger partial charge in [0.25, 0.3) is 0 Å². The van der Waals surface area contributed by atoms with Crippen molar-refractivity contribution in [3.63, 3.8) is 0 Å². The van der Waals surface area contributed by atoms with E-state index in [2.05, 4.69) is 33.4 Å². The van der Waals surface area contributed by atoms with Gasteiger partial charge in [0.15, 0.2) is 0 Å². The van der Waals surface area contributed by atoms with Crippen LogP contribution in [0.5, 0.6) is 5.75 Å². The van der Waals surface area contributed by atoms with Crippen molar-refractivity contribution in [2.24, 2.45) is 0 Å². The zero-order chi connectivity index (χ0) is 14.4. The van der Waals surface area contributed by atoms with Gasteiger partial charge in [-0.1, -0.05) is 39.7 Å². The molecule has 4 heteroatoms. The molecule has 1 N–H and O–H groups in total. The third-order valence-corrected chi connectivity index (χ3v) is 4.10. The van der Waals surface area contributed by atoms with Gasteiger partial charge in [0.1, 0.15) is 5.75 Å². The van der Waals surface area contributed by atoms with Gasteiger partial charge in [0.2, 0.25) is 0 Å². The number of benzene rings is 2. The molecule has 0 atom stereocenters. The van der Waals surface area contributed by atoms with E-state index >= 15 is 0 Å². The standard InChI is InChI=1S/C16H17BrClNO/c1-20-15-6-7-16(17)13(10-15)11-19-9-8-12-2-4-14(18)5-3-12/h2-7,10,19H,8-9,11H2,1H3. The van der Waals surface area contributed by atoms with Crippen molar-refractivity contribution >= 4 is 27.5 Å². The first-order valence-corrected chi connectivity index (χ1v) is 7.63. The highest BCUT2D eigenvalue weighted by Gasteiger charge is 2.02. The molecule has 0 spiro atoms. The molecule has 0 bridgehead atoms. The maximum Gasteiger partial charge on any atom is 0.119 e. The second-order valence-corrected chi connectivity index (χ2v) is 5.80. The lowest BCUT2D eigenvalue weighted by atomic mass is 10.1. The van der Waals surface area contributed by atoms with E-state index in [1.165, 1.54) is 11.1 Å². The Labute approximate surface area is 133 Å². The first kappa shape index (κ1) is 15.4. The lowest BCUT2D eigenvalue weighted by Crippen LogP contribution is -2.17. The lowest BCUT2D eigenvalue weighted by Gasteiger charge is -2.09. The number of ether oxygens (including phenoxy) is 1. The van der Waals surface area contributed by atoms with Gasteiger partial charge in [-0.25, -0.2) is 0 Å². The second-order valence-electron chi connectivity index (χ2n) is 4.51. The monoisotopic (exact) mass is 353 g/mol. The molecule has 0 aromatic heterocycles. The number of nitrogens with one attached hydrogen (secondary N) is 1. The van der Waals surface area contributed by atoms with Gasteiger partial charge in [-0.15, -0.1) is 0 Å². The Kier molecular flexibility index (Phi) is 5.89. The third-order valence-electron chi connectivity index (χ3n) is 3.07. The van der Waals surface area contributed by atoms with Crippen LogP contribution < -0.4 is 10.1 Å². The van der Waals surface area contributed by atoms with Crippen molar-refractivity contribution in [2.75, 3.05) is 13.7 Å². The van der Waals surface area contributed by atoms with Gasteiger partial charge in [-0.3, -0.25) is 0 Å². The summed E-state index contributed by atoms with van der Waals surface area (Å²) in [6.07, 6.45) is 0.985. The van der Waals surface area contributed by atoms with E-state index in [0.717, 1.165) is 34.8 Å². The van der Waals surface area contributed by atoms with Crippen LogP contribution in [0.25, 0.3) is 0 Å². The molecule has 2 aromatic rings.